The Bertz CT molecular complexity index is 200. The first-order chi connectivity index (χ1) is 7.20. The Kier molecular flexibility index (Phi) is 6.24. The van der Waals surface area contributed by atoms with Gasteiger partial charge in [0.25, 0.3) is 0 Å². The molecule has 0 aliphatic heterocycles. The average Bonchev–Trinajstić information content (AvgIpc) is 1.99. The summed E-state index contributed by atoms with van der Waals surface area (Å²) in [6.07, 6.45) is -5.37. The molecule has 0 aromatic rings. The third-order valence-electron chi connectivity index (χ3n) is 2.17. The van der Waals surface area contributed by atoms with Crippen LogP contribution in [0.4, 0.5) is 13.2 Å². The molecule has 0 aromatic carbocycles. The van der Waals surface area contributed by atoms with Crippen LogP contribution in [0.5, 0.6) is 0 Å². The molecule has 0 amide bonds. The van der Waals surface area contributed by atoms with Crippen molar-refractivity contribution < 1.29 is 23.0 Å². The first-order valence-electron chi connectivity index (χ1n) is 4.89. The van der Waals surface area contributed by atoms with E-state index in [1.807, 2.05) is 0 Å². The Morgan fingerprint density at radius 1 is 1.44 bits per heavy atom. The molecular weight excluding hydrogens is 225 g/mol. The van der Waals surface area contributed by atoms with E-state index in [1.165, 1.54) is 21.1 Å². The molecular formula is C9H19F3N2O2. The Morgan fingerprint density at radius 2 is 1.94 bits per heavy atom. The van der Waals surface area contributed by atoms with Crippen LogP contribution in [0.1, 0.15) is 6.92 Å². The monoisotopic (exact) mass is 244 g/mol. The van der Waals surface area contributed by atoms with Crippen molar-refractivity contribution in [3.63, 3.8) is 0 Å². The van der Waals surface area contributed by atoms with E-state index in [9.17, 15) is 18.3 Å². The van der Waals surface area contributed by atoms with E-state index in [0.29, 0.717) is 0 Å². The molecule has 98 valence electrons. The molecule has 0 fully saturated rings. The van der Waals surface area contributed by atoms with Gasteiger partial charge in [0.2, 0.25) is 0 Å². The normalized spacial score (nSPS) is 18.6. The largest absolute Gasteiger partial charge is 0.405 e. The minimum Gasteiger partial charge on any atom is -0.389 e. The van der Waals surface area contributed by atoms with Gasteiger partial charge in [0.05, 0.1) is 12.7 Å². The smallest absolute Gasteiger partial charge is 0.389 e. The van der Waals surface area contributed by atoms with Crippen LogP contribution in [0.15, 0.2) is 0 Å². The van der Waals surface area contributed by atoms with Gasteiger partial charge in [-0.25, -0.2) is 0 Å². The molecule has 0 bridgehead atoms. The number of alkyl halides is 3. The van der Waals surface area contributed by atoms with E-state index in [1.54, 1.807) is 0 Å². The van der Waals surface area contributed by atoms with Crippen molar-refractivity contribution in [2.24, 2.45) is 5.73 Å². The summed E-state index contributed by atoms with van der Waals surface area (Å²) in [6, 6.07) is -2.82. The van der Waals surface area contributed by atoms with Gasteiger partial charge < -0.3 is 15.6 Å². The van der Waals surface area contributed by atoms with Crippen molar-refractivity contribution in [1.29, 1.82) is 0 Å². The van der Waals surface area contributed by atoms with Crippen LogP contribution < -0.4 is 5.73 Å². The second kappa shape index (κ2) is 6.39. The number of nitrogens with zero attached hydrogens (tertiary/aromatic N) is 1. The van der Waals surface area contributed by atoms with Crippen molar-refractivity contribution in [1.82, 2.24) is 4.90 Å². The number of likely N-dealkylation sites (N-methyl/N-ethyl adjacent to an activating group) is 1. The zero-order chi connectivity index (χ0) is 12.9. The Hall–Kier alpha value is -0.370. The molecule has 3 atom stereocenters. The topological polar surface area (TPSA) is 58.7 Å². The predicted octanol–water partition coefficient (Wildman–Crippen LogP) is 0.204. The summed E-state index contributed by atoms with van der Waals surface area (Å²) in [4.78, 5) is 0.994. The molecule has 0 heterocycles. The molecule has 0 aliphatic carbocycles. The lowest BCUT2D eigenvalue weighted by molar-refractivity contribution is -0.187. The highest BCUT2D eigenvalue weighted by Gasteiger charge is 2.44. The van der Waals surface area contributed by atoms with E-state index in [2.05, 4.69) is 4.74 Å². The van der Waals surface area contributed by atoms with Gasteiger partial charge in [0, 0.05) is 19.7 Å². The van der Waals surface area contributed by atoms with Crippen molar-refractivity contribution in [3.8, 4) is 0 Å². The van der Waals surface area contributed by atoms with Crippen LogP contribution >= 0.6 is 0 Å². The minimum atomic E-state index is -4.41. The Morgan fingerprint density at radius 3 is 2.25 bits per heavy atom. The zero-order valence-corrected chi connectivity index (χ0v) is 9.66. The van der Waals surface area contributed by atoms with Gasteiger partial charge in [0.15, 0.2) is 0 Å². The van der Waals surface area contributed by atoms with Crippen molar-refractivity contribution in [2.75, 3.05) is 27.3 Å². The second-order valence-corrected chi connectivity index (χ2v) is 3.89. The number of hydrogen-bond donors (Lipinski definition) is 2. The van der Waals surface area contributed by atoms with E-state index in [4.69, 9.17) is 5.73 Å². The van der Waals surface area contributed by atoms with Gasteiger partial charge >= 0.3 is 6.18 Å². The summed E-state index contributed by atoms with van der Waals surface area (Å²) in [5, 5.41) is 9.34. The number of aliphatic hydroxyl groups excluding tert-OH is 1. The lowest BCUT2D eigenvalue weighted by Gasteiger charge is -2.33. The zero-order valence-electron chi connectivity index (χ0n) is 9.66. The highest BCUT2D eigenvalue weighted by atomic mass is 19.4. The van der Waals surface area contributed by atoms with Crippen LogP contribution in [0, 0.1) is 0 Å². The van der Waals surface area contributed by atoms with Gasteiger partial charge in [0.1, 0.15) is 6.04 Å². The van der Waals surface area contributed by atoms with Gasteiger partial charge in [-0.2, -0.15) is 13.2 Å². The molecule has 0 saturated carbocycles. The number of halogens is 3. The fourth-order valence-corrected chi connectivity index (χ4v) is 1.64. The second-order valence-electron chi connectivity index (χ2n) is 3.89. The maximum absolute atomic E-state index is 12.6. The summed E-state index contributed by atoms with van der Waals surface area (Å²) in [7, 11) is 2.65. The molecule has 0 saturated heterocycles. The minimum absolute atomic E-state index is 0.00608. The van der Waals surface area contributed by atoms with Gasteiger partial charge in [-0.15, -0.1) is 0 Å². The van der Waals surface area contributed by atoms with E-state index >= 15 is 0 Å². The summed E-state index contributed by atoms with van der Waals surface area (Å²) < 4.78 is 42.5. The maximum Gasteiger partial charge on any atom is 0.405 e. The highest BCUT2D eigenvalue weighted by Crippen LogP contribution is 2.25. The van der Waals surface area contributed by atoms with Gasteiger partial charge in [-0.3, -0.25) is 4.90 Å². The molecule has 7 heteroatoms. The van der Waals surface area contributed by atoms with Gasteiger partial charge in [-0.05, 0) is 14.0 Å². The summed E-state index contributed by atoms with van der Waals surface area (Å²) in [6.45, 7) is 1.14. The van der Waals surface area contributed by atoms with Gasteiger partial charge in [-0.1, -0.05) is 0 Å². The van der Waals surface area contributed by atoms with Crippen molar-refractivity contribution >= 4 is 0 Å². The summed E-state index contributed by atoms with van der Waals surface area (Å²) >= 11 is 0. The number of hydrogen-bond acceptors (Lipinski definition) is 4. The molecule has 0 rings (SSSR count). The molecule has 3 N–H and O–H groups in total. The Balaban J connectivity index is 4.46. The fraction of sp³-hybridized carbons (Fsp3) is 1.00. The average molecular weight is 244 g/mol. The van der Waals surface area contributed by atoms with Crippen LogP contribution in [0.2, 0.25) is 0 Å². The predicted molar refractivity (Wildman–Crippen MR) is 54.0 cm³/mol. The molecule has 3 unspecified atom stereocenters. The maximum atomic E-state index is 12.6. The lowest BCUT2D eigenvalue weighted by atomic mass is 10.1. The van der Waals surface area contributed by atoms with E-state index < -0.39 is 24.4 Å². The third kappa shape index (κ3) is 5.11. The summed E-state index contributed by atoms with van der Waals surface area (Å²) in [5.74, 6) is 0. The van der Waals surface area contributed by atoms with Crippen molar-refractivity contribution in [3.05, 3.63) is 0 Å². The molecule has 16 heavy (non-hydrogen) atoms. The first kappa shape index (κ1) is 15.6. The number of ether oxygens (including phenoxy) is 1. The summed E-state index contributed by atoms with van der Waals surface area (Å²) in [5.41, 5.74) is 5.30. The van der Waals surface area contributed by atoms with Crippen LogP contribution in [0.3, 0.4) is 0 Å². The quantitative estimate of drug-likeness (QED) is 0.701. The standard InChI is InChI=1S/C9H19F3N2O2/c1-6(13)8(9(10,11)12)14(2)4-7(15)5-16-3/h6-8,15H,4-5,13H2,1-3H3. The molecule has 0 spiro atoms. The number of rotatable bonds is 6. The van der Waals surface area contributed by atoms with E-state index in [-0.39, 0.29) is 13.2 Å². The Labute approximate surface area is 93.2 Å². The number of methoxy groups -OCH3 is 1. The highest BCUT2D eigenvalue weighted by molar-refractivity contribution is 4.85. The molecule has 4 nitrogen and oxygen atoms in total. The van der Waals surface area contributed by atoms with Crippen LogP contribution in [-0.2, 0) is 4.74 Å². The number of aliphatic hydroxyl groups is 1. The van der Waals surface area contributed by atoms with E-state index in [0.717, 1.165) is 4.90 Å². The lowest BCUT2D eigenvalue weighted by Crippen LogP contribution is -2.55. The first-order valence-corrected chi connectivity index (χ1v) is 4.89. The molecule has 0 aliphatic rings. The fourth-order valence-electron chi connectivity index (χ4n) is 1.64. The van der Waals surface area contributed by atoms with Crippen molar-refractivity contribution in [2.45, 2.75) is 31.3 Å². The third-order valence-corrected chi connectivity index (χ3v) is 2.17. The van der Waals surface area contributed by atoms with Crippen LogP contribution in [0.25, 0.3) is 0 Å². The molecule has 0 aromatic heterocycles. The van der Waals surface area contributed by atoms with Crippen LogP contribution in [-0.4, -0.2) is 61.7 Å². The molecule has 0 radical (unpaired) electrons. The SMILES string of the molecule is COCC(O)CN(C)C(C(C)N)C(F)(F)F. The number of nitrogens with two attached hydrogens (primary N) is 1.